The Labute approximate surface area is 120 Å². The minimum atomic E-state index is -0.434. The Bertz CT molecular complexity index is 454. The van der Waals surface area contributed by atoms with E-state index in [0.717, 1.165) is 18.4 Å². The zero-order chi connectivity index (χ0) is 14.7. The quantitative estimate of drug-likeness (QED) is 0.869. The zero-order valence-corrected chi connectivity index (χ0v) is 12.2. The predicted octanol–water partition coefficient (Wildman–Crippen LogP) is 2.69. The highest BCUT2D eigenvalue weighted by atomic mass is 19.1. The molecule has 4 heteroatoms. The summed E-state index contributed by atoms with van der Waals surface area (Å²) in [4.78, 5) is 14.3. The van der Waals surface area contributed by atoms with Crippen molar-refractivity contribution in [1.29, 1.82) is 0 Å². The first-order chi connectivity index (χ1) is 9.47. The number of halogens is 1. The lowest BCUT2D eigenvalue weighted by atomic mass is 10.0. The highest BCUT2D eigenvalue weighted by Gasteiger charge is 2.34. The molecule has 0 unspecified atom stereocenters. The van der Waals surface area contributed by atoms with Crippen molar-refractivity contribution in [2.45, 2.75) is 51.7 Å². The molecule has 2 N–H and O–H groups in total. The lowest BCUT2D eigenvalue weighted by Crippen LogP contribution is -2.45. The molecule has 0 aromatic heterocycles. The van der Waals surface area contributed by atoms with E-state index < -0.39 is 6.04 Å². The molecule has 1 aromatic rings. The number of benzene rings is 1. The number of carbonyl (C=O) groups is 1. The maximum Gasteiger partial charge on any atom is 0.240 e. The Morgan fingerprint density at radius 2 is 1.95 bits per heavy atom. The van der Waals surface area contributed by atoms with E-state index in [1.54, 1.807) is 12.1 Å². The first kappa shape index (κ1) is 15.0. The molecule has 0 heterocycles. The van der Waals surface area contributed by atoms with Crippen molar-refractivity contribution in [2.24, 2.45) is 11.7 Å². The third-order valence-electron chi connectivity index (χ3n) is 3.58. The van der Waals surface area contributed by atoms with Gasteiger partial charge in [0.15, 0.2) is 0 Å². The molecule has 1 atom stereocenters. The highest BCUT2D eigenvalue weighted by molar-refractivity contribution is 5.82. The molecule has 2 rings (SSSR count). The van der Waals surface area contributed by atoms with Crippen LogP contribution < -0.4 is 5.73 Å². The monoisotopic (exact) mass is 278 g/mol. The summed E-state index contributed by atoms with van der Waals surface area (Å²) in [5.74, 6) is 0.168. The molecule has 0 aliphatic heterocycles. The van der Waals surface area contributed by atoms with E-state index in [4.69, 9.17) is 5.73 Å². The summed E-state index contributed by atoms with van der Waals surface area (Å²) in [5, 5.41) is 0. The van der Waals surface area contributed by atoms with Crippen molar-refractivity contribution in [2.75, 3.05) is 0 Å². The first-order valence-corrected chi connectivity index (χ1v) is 7.28. The van der Waals surface area contributed by atoms with Crippen LogP contribution in [0.3, 0.4) is 0 Å². The van der Waals surface area contributed by atoms with Gasteiger partial charge in [0.1, 0.15) is 5.82 Å². The normalized spacial score (nSPS) is 16.2. The van der Waals surface area contributed by atoms with Gasteiger partial charge < -0.3 is 10.6 Å². The predicted molar refractivity (Wildman–Crippen MR) is 77.4 cm³/mol. The minimum Gasteiger partial charge on any atom is -0.334 e. The van der Waals surface area contributed by atoms with Crippen LogP contribution >= 0.6 is 0 Å². The van der Waals surface area contributed by atoms with E-state index >= 15 is 0 Å². The van der Waals surface area contributed by atoms with Crippen molar-refractivity contribution in [3.8, 4) is 0 Å². The van der Waals surface area contributed by atoms with Crippen LogP contribution in [-0.2, 0) is 11.3 Å². The van der Waals surface area contributed by atoms with Crippen molar-refractivity contribution >= 4 is 5.91 Å². The molecule has 110 valence electrons. The first-order valence-electron chi connectivity index (χ1n) is 7.28. The van der Waals surface area contributed by atoms with Crippen molar-refractivity contribution in [1.82, 2.24) is 4.90 Å². The lowest BCUT2D eigenvalue weighted by Gasteiger charge is -2.26. The van der Waals surface area contributed by atoms with Crippen LogP contribution in [0.1, 0.15) is 38.7 Å². The van der Waals surface area contributed by atoms with E-state index in [9.17, 15) is 9.18 Å². The second kappa shape index (κ2) is 6.35. The lowest BCUT2D eigenvalue weighted by molar-refractivity contribution is -0.134. The van der Waals surface area contributed by atoms with Crippen LogP contribution in [0.4, 0.5) is 4.39 Å². The van der Waals surface area contributed by atoms with Gasteiger partial charge in [0.25, 0.3) is 0 Å². The van der Waals surface area contributed by atoms with E-state index in [-0.39, 0.29) is 11.7 Å². The highest BCUT2D eigenvalue weighted by Crippen LogP contribution is 2.29. The molecule has 1 aromatic carbocycles. The molecule has 20 heavy (non-hydrogen) atoms. The molecule has 1 aliphatic rings. The fourth-order valence-electron chi connectivity index (χ4n) is 2.38. The second-order valence-electron chi connectivity index (χ2n) is 6.06. The zero-order valence-electron chi connectivity index (χ0n) is 12.2. The second-order valence-corrected chi connectivity index (χ2v) is 6.06. The molecule has 1 amide bonds. The minimum absolute atomic E-state index is 0.0190. The van der Waals surface area contributed by atoms with Gasteiger partial charge in [-0.15, -0.1) is 0 Å². The Balaban J connectivity index is 2.03. The Morgan fingerprint density at radius 3 is 2.45 bits per heavy atom. The number of nitrogens with zero attached hydrogens (tertiary/aromatic N) is 1. The Hall–Kier alpha value is -1.42. The summed E-state index contributed by atoms with van der Waals surface area (Å²) in [7, 11) is 0. The standard InChI is InChI=1S/C16H23FN2O/c1-11(2)9-15(18)16(20)19(14-7-8-14)10-12-3-5-13(17)6-4-12/h3-6,11,14-15H,7-10,18H2,1-2H3/t15-/m1/s1. The van der Waals surface area contributed by atoms with Gasteiger partial charge in [0, 0.05) is 12.6 Å². The third-order valence-corrected chi connectivity index (χ3v) is 3.58. The molecular weight excluding hydrogens is 255 g/mol. The summed E-state index contributed by atoms with van der Waals surface area (Å²) in [6.45, 7) is 4.65. The molecule has 1 aliphatic carbocycles. The maximum atomic E-state index is 12.9. The third kappa shape index (κ3) is 4.04. The summed E-state index contributed by atoms with van der Waals surface area (Å²) >= 11 is 0. The van der Waals surface area contributed by atoms with Gasteiger partial charge in [-0.3, -0.25) is 4.79 Å². The van der Waals surface area contributed by atoms with Crippen LogP contribution in [0.25, 0.3) is 0 Å². The van der Waals surface area contributed by atoms with Crippen LogP contribution in [0.2, 0.25) is 0 Å². The molecule has 3 nitrogen and oxygen atoms in total. The molecule has 0 spiro atoms. The topological polar surface area (TPSA) is 46.3 Å². The van der Waals surface area contributed by atoms with E-state index in [1.165, 1.54) is 12.1 Å². The van der Waals surface area contributed by atoms with E-state index in [2.05, 4.69) is 13.8 Å². The smallest absolute Gasteiger partial charge is 0.240 e. The van der Waals surface area contributed by atoms with Crippen LogP contribution in [0.5, 0.6) is 0 Å². The molecular formula is C16H23FN2O. The maximum absolute atomic E-state index is 12.9. The van der Waals surface area contributed by atoms with Gasteiger partial charge in [-0.2, -0.15) is 0 Å². The molecule has 0 radical (unpaired) electrons. The number of hydrogen-bond donors (Lipinski definition) is 1. The molecule has 0 saturated heterocycles. The number of hydrogen-bond acceptors (Lipinski definition) is 2. The van der Waals surface area contributed by atoms with Crippen LogP contribution in [0.15, 0.2) is 24.3 Å². The summed E-state index contributed by atoms with van der Waals surface area (Å²) in [5.41, 5.74) is 6.96. The molecule has 1 fully saturated rings. The Morgan fingerprint density at radius 1 is 1.35 bits per heavy atom. The average Bonchev–Trinajstić information content (AvgIpc) is 3.21. The van der Waals surface area contributed by atoms with Crippen molar-refractivity contribution < 1.29 is 9.18 Å². The number of carbonyl (C=O) groups excluding carboxylic acids is 1. The van der Waals surface area contributed by atoms with Crippen molar-refractivity contribution in [3.05, 3.63) is 35.6 Å². The SMILES string of the molecule is CC(C)C[C@@H](N)C(=O)N(Cc1ccc(F)cc1)C1CC1. The molecule has 0 bridgehead atoms. The summed E-state index contributed by atoms with van der Waals surface area (Å²) < 4.78 is 12.9. The fourth-order valence-corrected chi connectivity index (χ4v) is 2.38. The van der Waals surface area contributed by atoms with Gasteiger partial charge >= 0.3 is 0 Å². The van der Waals surface area contributed by atoms with E-state index in [0.29, 0.717) is 24.9 Å². The summed E-state index contributed by atoms with van der Waals surface area (Å²) in [6.07, 6.45) is 2.79. The van der Waals surface area contributed by atoms with Gasteiger partial charge in [-0.1, -0.05) is 26.0 Å². The largest absolute Gasteiger partial charge is 0.334 e. The van der Waals surface area contributed by atoms with Crippen LogP contribution in [0, 0.1) is 11.7 Å². The Kier molecular flexibility index (Phi) is 4.76. The van der Waals surface area contributed by atoms with Gasteiger partial charge in [-0.05, 0) is 42.9 Å². The number of rotatable bonds is 6. The summed E-state index contributed by atoms with van der Waals surface area (Å²) in [6, 6.07) is 6.19. The number of nitrogens with two attached hydrogens (primary N) is 1. The van der Waals surface area contributed by atoms with Gasteiger partial charge in [-0.25, -0.2) is 4.39 Å². The van der Waals surface area contributed by atoms with Gasteiger partial charge in [0.2, 0.25) is 5.91 Å². The van der Waals surface area contributed by atoms with E-state index in [1.807, 2.05) is 4.90 Å². The van der Waals surface area contributed by atoms with Crippen molar-refractivity contribution in [3.63, 3.8) is 0 Å². The van der Waals surface area contributed by atoms with Crippen LogP contribution in [-0.4, -0.2) is 22.9 Å². The molecule has 1 saturated carbocycles. The average molecular weight is 278 g/mol. The fraction of sp³-hybridized carbons (Fsp3) is 0.562. The number of amides is 1. The van der Waals surface area contributed by atoms with Gasteiger partial charge in [0.05, 0.1) is 6.04 Å².